The molecule has 1 saturated heterocycles. The van der Waals surface area contributed by atoms with E-state index in [1.165, 1.54) is 7.11 Å². The van der Waals surface area contributed by atoms with Crippen molar-refractivity contribution < 1.29 is 19.1 Å². The Morgan fingerprint density at radius 2 is 1.82 bits per heavy atom. The molecule has 1 aromatic rings. The molecule has 0 aromatic heterocycles. The molecule has 0 saturated carbocycles. The number of methoxy groups -OCH3 is 1. The molecule has 1 aromatic carbocycles. The van der Waals surface area contributed by atoms with E-state index in [1.54, 1.807) is 12.1 Å². The average Bonchev–Trinajstić information content (AvgIpc) is 2.98. The van der Waals surface area contributed by atoms with Gasteiger partial charge in [-0.25, -0.2) is 9.69 Å². The zero-order chi connectivity index (χ0) is 16.0. The summed E-state index contributed by atoms with van der Waals surface area (Å²) in [5, 5.41) is 3.78. The number of esters is 1. The van der Waals surface area contributed by atoms with E-state index in [2.05, 4.69) is 15.3 Å². The van der Waals surface area contributed by atoms with E-state index in [-0.39, 0.29) is 5.71 Å². The maximum atomic E-state index is 12.6. The number of nitrogens with zero attached hydrogens (tertiary/aromatic N) is 2. The molecule has 114 valence electrons. The fourth-order valence-electron chi connectivity index (χ4n) is 2.90. The molecule has 2 amide bonds. The Kier molecular flexibility index (Phi) is 3.20. The van der Waals surface area contributed by atoms with Gasteiger partial charge < -0.3 is 4.74 Å². The summed E-state index contributed by atoms with van der Waals surface area (Å²) in [5.41, 5.74) is 4.91. The fourth-order valence-corrected chi connectivity index (χ4v) is 2.90. The number of hydrogen-bond donors (Lipinski definition) is 1. The summed E-state index contributed by atoms with van der Waals surface area (Å²) in [4.78, 5) is 37.9. The smallest absolute Gasteiger partial charge is 0.355 e. The van der Waals surface area contributed by atoms with Crippen LogP contribution in [0.4, 0.5) is 5.69 Å². The number of ether oxygens (including phenoxy) is 1. The highest BCUT2D eigenvalue weighted by Gasteiger charge is 2.55. The van der Waals surface area contributed by atoms with Crippen molar-refractivity contribution in [3.05, 3.63) is 29.3 Å². The number of benzene rings is 1. The highest BCUT2D eigenvalue weighted by Crippen LogP contribution is 2.31. The SMILES string of the molecule is COC(=O)C1=NN[C@@H]2C(=O)N(c3cc(C)cc(C)c3)C(=O)[C@H]12. The van der Waals surface area contributed by atoms with E-state index in [0.29, 0.717) is 5.69 Å². The van der Waals surface area contributed by atoms with Crippen LogP contribution < -0.4 is 10.3 Å². The van der Waals surface area contributed by atoms with Crippen LogP contribution in [0.25, 0.3) is 0 Å². The molecular weight excluding hydrogens is 286 g/mol. The third-order valence-corrected chi connectivity index (χ3v) is 3.78. The number of nitrogens with one attached hydrogen (secondary N) is 1. The van der Waals surface area contributed by atoms with E-state index in [1.807, 2.05) is 19.9 Å². The van der Waals surface area contributed by atoms with Gasteiger partial charge in [-0.15, -0.1) is 0 Å². The maximum absolute atomic E-state index is 12.6. The first kappa shape index (κ1) is 14.2. The first-order valence-corrected chi connectivity index (χ1v) is 6.81. The predicted octanol–water partition coefficient (Wildman–Crippen LogP) is 0.294. The van der Waals surface area contributed by atoms with Gasteiger partial charge in [0.1, 0.15) is 12.0 Å². The van der Waals surface area contributed by atoms with Crippen molar-refractivity contribution in [1.82, 2.24) is 5.43 Å². The molecule has 0 radical (unpaired) electrons. The minimum Gasteiger partial charge on any atom is -0.464 e. The maximum Gasteiger partial charge on any atom is 0.355 e. The molecule has 22 heavy (non-hydrogen) atoms. The van der Waals surface area contributed by atoms with Crippen LogP contribution in [-0.2, 0) is 19.1 Å². The third-order valence-electron chi connectivity index (χ3n) is 3.78. The molecule has 2 aliphatic heterocycles. The highest BCUT2D eigenvalue weighted by molar-refractivity contribution is 6.46. The minimum absolute atomic E-state index is 0.0577. The van der Waals surface area contributed by atoms with Crippen molar-refractivity contribution in [2.24, 2.45) is 11.0 Å². The number of anilines is 1. The molecule has 0 unspecified atom stereocenters. The standard InChI is InChI=1S/C15H15N3O4/c1-7-4-8(2)6-9(5-7)18-13(19)10-11(14(18)20)16-17-12(10)15(21)22-3/h4-6,10-11,16H,1-3H3/t10-,11-/m0/s1. The largest absolute Gasteiger partial charge is 0.464 e. The summed E-state index contributed by atoms with van der Waals surface area (Å²) < 4.78 is 4.61. The Bertz CT molecular complexity index is 705. The van der Waals surface area contributed by atoms with Crippen LogP contribution in [0.3, 0.4) is 0 Å². The van der Waals surface area contributed by atoms with Gasteiger partial charge >= 0.3 is 5.97 Å². The average molecular weight is 301 g/mol. The number of hydrogen-bond acceptors (Lipinski definition) is 6. The summed E-state index contributed by atoms with van der Waals surface area (Å²) in [6.07, 6.45) is 0. The summed E-state index contributed by atoms with van der Waals surface area (Å²) in [6, 6.07) is 4.63. The van der Waals surface area contributed by atoms with Gasteiger partial charge in [0.25, 0.3) is 5.91 Å². The van der Waals surface area contributed by atoms with Crippen molar-refractivity contribution in [2.45, 2.75) is 19.9 Å². The molecule has 2 heterocycles. The summed E-state index contributed by atoms with van der Waals surface area (Å²) in [5.74, 6) is -2.51. The summed E-state index contributed by atoms with van der Waals surface area (Å²) in [7, 11) is 1.21. The highest BCUT2D eigenvalue weighted by atomic mass is 16.5. The van der Waals surface area contributed by atoms with Gasteiger partial charge in [-0.05, 0) is 37.1 Å². The van der Waals surface area contributed by atoms with Gasteiger partial charge in [-0.1, -0.05) is 6.07 Å². The van der Waals surface area contributed by atoms with Crippen molar-refractivity contribution in [2.75, 3.05) is 12.0 Å². The Balaban J connectivity index is 2.00. The molecule has 2 atom stereocenters. The molecule has 2 aliphatic rings. The van der Waals surface area contributed by atoms with Gasteiger partial charge in [0.05, 0.1) is 12.8 Å². The monoisotopic (exact) mass is 301 g/mol. The number of hydrazone groups is 1. The normalized spacial score (nSPS) is 23.2. The fraction of sp³-hybridized carbons (Fsp3) is 0.333. The Labute approximate surface area is 126 Å². The topological polar surface area (TPSA) is 88.1 Å². The van der Waals surface area contributed by atoms with Crippen LogP contribution in [0.2, 0.25) is 0 Å². The van der Waals surface area contributed by atoms with Gasteiger partial charge in [0.2, 0.25) is 5.91 Å². The Morgan fingerprint density at radius 1 is 1.18 bits per heavy atom. The number of fused-ring (bicyclic) bond motifs is 1. The van der Waals surface area contributed by atoms with Crippen LogP contribution in [-0.4, -0.2) is 36.6 Å². The lowest BCUT2D eigenvalue weighted by molar-refractivity contribution is -0.133. The molecule has 3 rings (SSSR count). The Hall–Kier alpha value is -2.70. The van der Waals surface area contributed by atoms with E-state index in [0.717, 1.165) is 16.0 Å². The van der Waals surface area contributed by atoms with Gasteiger partial charge in [0.15, 0.2) is 5.71 Å². The van der Waals surface area contributed by atoms with E-state index < -0.39 is 29.7 Å². The number of carbonyl (C=O) groups excluding carboxylic acids is 3. The number of carbonyl (C=O) groups is 3. The van der Waals surface area contributed by atoms with Crippen LogP contribution in [0, 0.1) is 19.8 Å². The summed E-state index contributed by atoms with van der Waals surface area (Å²) >= 11 is 0. The van der Waals surface area contributed by atoms with E-state index in [4.69, 9.17) is 0 Å². The lowest BCUT2D eigenvalue weighted by atomic mass is 9.99. The van der Waals surface area contributed by atoms with Gasteiger partial charge in [0, 0.05) is 0 Å². The van der Waals surface area contributed by atoms with Crippen LogP contribution in [0.1, 0.15) is 11.1 Å². The second-order valence-corrected chi connectivity index (χ2v) is 5.43. The molecule has 0 aliphatic carbocycles. The molecule has 7 heteroatoms. The van der Waals surface area contributed by atoms with Gasteiger partial charge in [-0.3, -0.25) is 15.0 Å². The van der Waals surface area contributed by atoms with E-state index >= 15 is 0 Å². The van der Waals surface area contributed by atoms with Crippen LogP contribution in [0.5, 0.6) is 0 Å². The van der Waals surface area contributed by atoms with Gasteiger partial charge in [-0.2, -0.15) is 5.10 Å². The number of rotatable bonds is 2. The predicted molar refractivity (Wildman–Crippen MR) is 78.3 cm³/mol. The summed E-state index contributed by atoms with van der Waals surface area (Å²) in [6.45, 7) is 3.78. The molecular formula is C15H15N3O4. The Morgan fingerprint density at radius 3 is 2.41 bits per heavy atom. The zero-order valence-electron chi connectivity index (χ0n) is 12.4. The van der Waals surface area contributed by atoms with Crippen molar-refractivity contribution in [3.63, 3.8) is 0 Å². The van der Waals surface area contributed by atoms with Crippen molar-refractivity contribution >= 4 is 29.2 Å². The number of aryl methyl sites for hydroxylation is 2. The molecule has 1 N–H and O–H groups in total. The first-order valence-electron chi connectivity index (χ1n) is 6.81. The number of imide groups is 1. The molecule has 1 fully saturated rings. The van der Waals surface area contributed by atoms with Crippen molar-refractivity contribution in [3.8, 4) is 0 Å². The lowest BCUT2D eigenvalue weighted by Crippen LogP contribution is -2.36. The van der Waals surface area contributed by atoms with Crippen LogP contribution in [0.15, 0.2) is 23.3 Å². The van der Waals surface area contributed by atoms with E-state index in [9.17, 15) is 14.4 Å². The molecule has 0 bridgehead atoms. The minimum atomic E-state index is -0.930. The number of amides is 2. The zero-order valence-corrected chi connectivity index (χ0v) is 12.4. The molecule has 0 spiro atoms. The second kappa shape index (κ2) is 4.94. The van der Waals surface area contributed by atoms with Crippen molar-refractivity contribution in [1.29, 1.82) is 0 Å². The quantitative estimate of drug-likeness (QED) is 0.627. The lowest BCUT2D eigenvalue weighted by Gasteiger charge is -2.17. The first-order chi connectivity index (χ1) is 10.4. The second-order valence-electron chi connectivity index (χ2n) is 5.43. The third kappa shape index (κ3) is 1.97. The molecule has 7 nitrogen and oxygen atoms in total. The van der Waals surface area contributed by atoms with Crippen LogP contribution >= 0.6 is 0 Å².